The molecule has 0 aromatic carbocycles. The van der Waals surface area contributed by atoms with Gasteiger partial charge in [-0.3, -0.25) is 0 Å². The lowest BCUT2D eigenvalue weighted by atomic mass is 9.83. The number of carboxylic acids is 1. The van der Waals surface area contributed by atoms with Crippen LogP contribution >= 0.6 is 0 Å². The topological polar surface area (TPSA) is 78.9 Å². The van der Waals surface area contributed by atoms with Crippen LogP contribution in [0.1, 0.15) is 32.6 Å². The van der Waals surface area contributed by atoms with Gasteiger partial charge in [-0.25, -0.2) is 9.59 Å². The summed E-state index contributed by atoms with van der Waals surface area (Å²) in [5.74, 6) is 0.354. The zero-order valence-electron chi connectivity index (χ0n) is 12.0. The van der Waals surface area contributed by atoms with Gasteiger partial charge < -0.3 is 20.1 Å². The first-order valence-electron chi connectivity index (χ1n) is 7.43. The van der Waals surface area contributed by atoms with Gasteiger partial charge in [0.2, 0.25) is 0 Å². The summed E-state index contributed by atoms with van der Waals surface area (Å²) in [5, 5.41) is 11.8. The summed E-state index contributed by atoms with van der Waals surface area (Å²) in [6, 6.07) is -0.168. The Morgan fingerprint density at radius 1 is 1.30 bits per heavy atom. The Morgan fingerprint density at radius 3 is 2.65 bits per heavy atom. The zero-order chi connectivity index (χ0) is 14.5. The number of carbonyl (C=O) groups excluding carboxylic acids is 1. The average Bonchev–Trinajstić information content (AvgIpc) is 2.46. The van der Waals surface area contributed by atoms with Crippen LogP contribution in [-0.4, -0.2) is 54.4 Å². The number of nitrogens with zero attached hydrogens (tertiary/aromatic N) is 1. The van der Waals surface area contributed by atoms with E-state index in [1.54, 1.807) is 0 Å². The van der Waals surface area contributed by atoms with Crippen LogP contribution in [0.4, 0.5) is 4.79 Å². The van der Waals surface area contributed by atoms with Crippen molar-refractivity contribution in [1.29, 1.82) is 0 Å². The van der Waals surface area contributed by atoms with E-state index in [1.807, 2.05) is 0 Å². The maximum absolute atomic E-state index is 12.0. The van der Waals surface area contributed by atoms with E-state index < -0.39 is 12.1 Å². The second kappa shape index (κ2) is 6.92. The van der Waals surface area contributed by atoms with Crippen molar-refractivity contribution in [1.82, 2.24) is 10.2 Å². The van der Waals surface area contributed by atoms with Crippen LogP contribution < -0.4 is 5.32 Å². The molecule has 2 aliphatic rings. The van der Waals surface area contributed by atoms with Gasteiger partial charge in [0.25, 0.3) is 0 Å². The number of carboxylic acid groups (broad SMARTS) is 1. The molecule has 0 aromatic rings. The molecular weight excluding hydrogens is 260 g/mol. The van der Waals surface area contributed by atoms with Crippen LogP contribution in [0.2, 0.25) is 0 Å². The lowest BCUT2D eigenvalue weighted by Crippen LogP contribution is -2.52. The molecule has 1 saturated heterocycles. The van der Waals surface area contributed by atoms with Crippen LogP contribution in [0.15, 0.2) is 0 Å². The number of rotatable bonds is 3. The molecule has 2 rings (SSSR count). The first-order chi connectivity index (χ1) is 9.56. The highest BCUT2D eigenvalue weighted by atomic mass is 16.5. The van der Waals surface area contributed by atoms with E-state index in [9.17, 15) is 9.59 Å². The molecule has 2 amide bonds. The number of hydrogen-bond donors (Lipinski definition) is 2. The predicted octanol–water partition coefficient (Wildman–Crippen LogP) is 1.31. The highest BCUT2D eigenvalue weighted by molar-refractivity contribution is 5.77. The van der Waals surface area contributed by atoms with E-state index in [0.717, 1.165) is 5.92 Å². The number of aliphatic carboxylic acids is 1. The van der Waals surface area contributed by atoms with Gasteiger partial charge in [0.15, 0.2) is 6.10 Å². The Balaban J connectivity index is 1.73. The summed E-state index contributed by atoms with van der Waals surface area (Å²) < 4.78 is 5.10. The maximum atomic E-state index is 12.0. The Kier molecular flexibility index (Phi) is 5.23. The predicted molar refractivity (Wildman–Crippen MR) is 73.5 cm³/mol. The molecule has 6 nitrogen and oxygen atoms in total. The Bertz CT molecular complexity index is 353. The number of hydrogen-bond acceptors (Lipinski definition) is 3. The van der Waals surface area contributed by atoms with Crippen molar-refractivity contribution in [3.05, 3.63) is 0 Å². The smallest absolute Gasteiger partial charge is 0.334 e. The van der Waals surface area contributed by atoms with E-state index >= 15 is 0 Å². The molecule has 0 bridgehead atoms. The molecule has 2 fully saturated rings. The molecule has 1 heterocycles. The molecule has 2 N–H and O–H groups in total. The van der Waals surface area contributed by atoms with Crippen LogP contribution in [-0.2, 0) is 9.53 Å². The third-order valence-corrected chi connectivity index (χ3v) is 4.31. The molecule has 1 aliphatic carbocycles. The second-order valence-electron chi connectivity index (χ2n) is 5.96. The number of morpholine rings is 1. The minimum Gasteiger partial charge on any atom is -0.479 e. The molecule has 20 heavy (non-hydrogen) atoms. The first kappa shape index (κ1) is 15.1. The number of carbonyl (C=O) groups is 2. The third kappa shape index (κ3) is 4.10. The summed E-state index contributed by atoms with van der Waals surface area (Å²) in [7, 11) is 0. The monoisotopic (exact) mass is 284 g/mol. The van der Waals surface area contributed by atoms with Crippen molar-refractivity contribution in [3.8, 4) is 0 Å². The van der Waals surface area contributed by atoms with Crippen molar-refractivity contribution in [3.63, 3.8) is 0 Å². The van der Waals surface area contributed by atoms with Crippen molar-refractivity contribution in [2.75, 3.05) is 26.2 Å². The van der Waals surface area contributed by atoms with Crippen molar-refractivity contribution in [2.24, 2.45) is 11.8 Å². The summed E-state index contributed by atoms with van der Waals surface area (Å²) in [6.07, 6.45) is 3.91. The van der Waals surface area contributed by atoms with E-state index in [2.05, 4.69) is 12.2 Å². The van der Waals surface area contributed by atoms with E-state index in [0.29, 0.717) is 19.0 Å². The highest BCUT2D eigenvalue weighted by Gasteiger charge is 2.29. The lowest BCUT2D eigenvalue weighted by molar-refractivity contribution is -0.154. The average molecular weight is 284 g/mol. The minimum atomic E-state index is -1.01. The number of ether oxygens (including phenoxy) is 1. The number of nitrogens with one attached hydrogen (secondary N) is 1. The van der Waals surface area contributed by atoms with Crippen molar-refractivity contribution >= 4 is 12.0 Å². The Hall–Kier alpha value is -1.30. The van der Waals surface area contributed by atoms with E-state index in [1.165, 1.54) is 30.6 Å². The molecule has 1 unspecified atom stereocenters. The van der Waals surface area contributed by atoms with Gasteiger partial charge in [-0.1, -0.05) is 19.8 Å². The largest absolute Gasteiger partial charge is 0.479 e. The van der Waals surface area contributed by atoms with Gasteiger partial charge in [0.1, 0.15) is 0 Å². The van der Waals surface area contributed by atoms with Crippen molar-refractivity contribution in [2.45, 2.75) is 38.7 Å². The fourth-order valence-electron chi connectivity index (χ4n) is 2.86. The van der Waals surface area contributed by atoms with Gasteiger partial charge in [-0.05, 0) is 24.7 Å². The van der Waals surface area contributed by atoms with E-state index in [4.69, 9.17) is 9.84 Å². The summed E-state index contributed by atoms with van der Waals surface area (Å²) >= 11 is 0. The quantitative estimate of drug-likeness (QED) is 0.819. The molecule has 0 spiro atoms. The molecule has 6 heteroatoms. The molecule has 1 saturated carbocycles. The Labute approximate surface area is 119 Å². The van der Waals surface area contributed by atoms with Crippen molar-refractivity contribution < 1.29 is 19.4 Å². The highest BCUT2D eigenvalue weighted by Crippen LogP contribution is 2.27. The number of amides is 2. The third-order valence-electron chi connectivity index (χ3n) is 4.31. The van der Waals surface area contributed by atoms with Gasteiger partial charge >= 0.3 is 12.0 Å². The lowest BCUT2D eigenvalue weighted by Gasteiger charge is -2.32. The fraction of sp³-hybridized carbons (Fsp3) is 0.857. The van der Waals surface area contributed by atoms with Crippen LogP contribution in [0.3, 0.4) is 0 Å². The normalized spacial score (nSPS) is 30.9. The van der Waals surface area contributed by atoms with Gasteiger partial charge in [-0.15, -0.1) is 0 Å². The summed E-state index contributed by atoms with van der Waals surface area (Å²) in [5.41, 5.74) is 0. The standard InChI is InChI=1S/C14H24N2O4/c1-10-2-4-11(5-3-10)8-15-14(19)16-6-7-20-12(9-16)13(17)18/h10-12H,2-9H2,1H3,(H,15,19)(H,17,18). The minimum absolute atomic E-state index is 0.128. The molecule has 114 valence electrons. The van der Waals surface area contributed by atoms with Gasteiger partial charge in [-0.2, -0.15) is 0 Å². The number of urea groups is 1. The van der Waals surface area contributed by atoms with E-state index in [-0.39, 0.29) is 19.2 Å². The van der Waals surface area contributed by atoms with Crippen LogP contribution in [0, 0.1) is 11.8 Å². The van der Waals surface area contributed by atoms with Gasteiger partial charge in [0.05, 0.1) is 13.2 Å². The second-order valence-corrected chi connectivity index (χ2v) is 5.96. The summed E-state index contributed by atoms with van der Waals surface area (Å²) in [4.78, 5) is 24.5. The SMILES string of the molecule is CC1CCC(CNC(=O)N2CCOC(C(=O)O)C2)CC1. The molecule has 0 radical (unpaired) electrons. The molecule has 1 atom stereocenters. The van der Waals surface area contributed by atoms with Crippen LogP contribution in [0.5, 0.6) is 0 Å². The van der Waals surface area contributed by atoms with Gasteiger partial charge in [0, 0.05) is 13.1 Å². The molecule has 1 aliphatic heterocycles. The fourth-order valence-corrected chi connectivity index (χ4v) is 2.86. The first-order valence-corrected chi connectivity index (χ1v) is 7.43. The summed E-state index contributed by atoms with van der Waals surface area (Å²) in [6.45, 7) is 3.83. The Morgan fingerprint density at radius 2 is 2.00 bits per heavy atom. The molecule has 0 aromatic heterocycles. The molecular formula is C14H24N2O4. The zero-order valence-corrected chi connectivity index (χ0v) is 12.0. The maximum Gasteiger partial charge on any atom is 0.334 e. The van der Waals surface area contributed by atoms with Crippen LogP contribution in [0.25, 0.3) is 0 Å².